The largest absolute Gasteiger partial charge is 0.351 e. The quantitative estimate of drug-likeness (QED) is 0.782. The number of aromatic nitrogens is 3. The lowest BCUT2D eigenvalue weighted by Gasteiger charge is -2.08. The van der Waals surface area contributed by atoms with Crippen LogP contribution in [-0.4, -0.2) is 33.0 Å². The van der Waals surface area contributed by atoms with E-state index in [0.717, 1.165) is 10.2 Å². The van der Waals surface area contributed by atoms with Crippen molar-refractivity contribution in [2.75, 3.05) is 12.3 Å². The van der Waals surface area contributed by atoms with Gasteiger partial charge in [0.25, 0.3) is 0 Å². The molecule has 5 nitrogen and oxygen atoms in total. The van der Waals surface area contributed by atoms with Crippen LogP contribution >= 0.6 is 27.7 Å². The molecular weight excluding hydrogens is 364 g/mol. The second-order valence-corrected chi connectivity index (χ2v) is 6.90. The molecule has 0 spiro atoms. The van der Waals surface area contributed by atoms with E-state index in [4.69, 9.17) is 0 Å². The van der Waals surface area contributed by atoms with Gasteiger partial charge in [-0.3, -0.25) is 9.36 Å². The van der Waals surface area contributed by atoms with Crippen LogP contribution < -0.4 is 5.32 Å². The average Bonchev–Trinajstić information content (AvgIpc) is 2.94. The lowest BCUT2D eigenvalue weighted by Crippen LogP contribution is -2.26. The minimum absolute atomic E-state index is 0.0692. The molecule has 1 aromatic carbocycles. The van der Waals surface area contributed by atoms with E-state index in [0.29, 0.717) is 11.7 Å². The van der Waals surface area contributed by atoms with Gasteiger partial charge in [0.1, 0.15) is 6.33 Å². The number of hydrogen-bond acceptors (Lipinski definition) is 4. The van der Waals surface area contributed by atoms with Crippen molar-refractivity contribution < 1.29 is 4.79 Å². The van der Waals surface area contributed by atoms with Crippen molar-refractivity contribution >= 4 is 33.6 Å². The van der Waals surface area contributed by atoms with Crippen LogP contribution in [0.4, 0.5) is 0 Å². The van der Waals surface area contributed by atoms with E-state index in [2.05, 4.69) is 64.0 Å². The van der Waals surface area contributed by atoms with Crippen molar-refractivity contribution in [2.24, 2.45) is 0 Å². The fraction of sp³-hybridized carbons (Fsp3) is 0.267. The minimum Gasteiger partial charge on any atom is -0.351 e. The molecule has 0 radical (unpaired) electrons. The third kappa shape index (κ3) is 4.45. The standard InChI is InChI=1S/C15H17BrN4OS/c1-10-4-5-13(6-11(10)2)20-9-18-19-15(20)22-8-14(21)17-7-12(3)16/h4-6,9H,3,7-8H2,1-2H3,(H,17,21). The Morgan fingerprint density at radius 2 is 2.18 bits per heavy atom. The van der Waals surface area contributed by atoms with Crippen LogP contribution in [-0.2, 0) is 4.79 Å². The Bertz CT molecular complexity index is 699. The van der Waals surface area contributed by atoms with Crippen LogP contribution in [0.15, 0.2) is 40.7 Å². The summed E-state index contributed by atoms with van der Waals surface area (Å²) in [5, 5.41) is 11.5. The maximum absolute atomic E-state index is 11.7. The van der Waals surface area contributed by atoms with Gasteiger partial charge in [-0.25, -0.2) is 0 Å². The van der Waals surface area contributed by atoms with Crippen LogP contribution in [0.2, 0.25) is 0 Å². The highest BCUT2D eigenvalue weighted by Crippen LogP contribution is 2.21. The topological polar surface area (TPSA) is 59.8 Å². The predicted octanol–water partition coefficient (Wildman–Crippen LogP) is 3.00. The summed E-state index contributed by atoms with van der Waals surface area (Å²) in [5.74, 6) is 0.212. The second-order valence-electron chi connectivity index (χ2n) is 4.83. The lowest BCUT2D eigenvalue weighted by molar-refractivity contribution is -0.118. The van der Waals surface area contributed by atoms with Gasteiger partial charge < -0.3 is 5.32 Å². The van der Waals surface area contributed by atoms with Gasteiger partial charge in [0, 0.05) is 16.7 Å². The third-order valence-corrected chi connectivity index (χ3v) is 4.32. The summed E-state index contributed by atoms with van der Waals surface area (Å²) in [6, 6.07) is 6.16. The number of hydrogen-bond donors (Lipinski definition) is 1. The zero-order valence-corrected chi connectivity index (χ0v) is 14.9. The van der Waals surface area contributed by atoms with E-state index < -0.39 is 0 Å². The van der Waals surface area contributed by atoms with Crippen molar-refractivity contribution in [3.63, 3.8) is 0 Å². The molecule has 0 aliphatic heterocycles. The van der Waals surface area contributed by atoms with Crippen molar-refractivity contribution in [3.05, 3.63) is 46.7 Å². The molecule has 2 aromatic rings. The maximum Gasteiger partial charge on any atom is 0.230 e. The van der Waals surface area contributed by atoms with E-state index in [1.165, 1.54) is 22.9 Å². The molecule has 1 aromatic heterocycles. The number of rotatable bonds is 6. The fourth-order valence-corrected chi connectivity index (χ4v) is 2.65. The van der Waals surface area contributed by atoms with E-state index in [9.17, 15) is 4.79 Å². The molecule has 0 atom stereocenters. The molecule has 0 saturated heterocycles. The monoisotopic (exact) mass is 380 g/mol. The zero-order chi connectivity index (χ0) is 16.1. The Morgan fingerprint density at radius 3 is 2.86 bits per heavy atom. The van der Waals surface area contributed by atoms with Crippen molar-refractivity contribution in [1.82, 2.24) is 20.1 Å². The first-order valence-electron chi connectivity index (χ1n) is 6.68. The summed E-state index contributed by atoms with van der Waals surface area (Å²) in [6.07, 6.45) is 1.66. The summed E-state index contributed by atoms with van der Waals surface area (Å²) < 4.78 is 2.62. The van der Waals surface area contributed by atoms with Crippen LogP contribution in [0.3, 0.4) is 0 Å². The first-order chi connectivity index (χ1) is 10.5. The summed E-state index contributed by atoms with van der Waals surface area (Å²) in [7, 11) is 0. The summed E-state index contributed by atoms with van der Waals surface area (Å²) in [6.45, 7) is 8.23. The summed E-state index contributed by atoms with van der Waals surface area (Å²) in [4.78, 5) is 11.7. The number of nitrogens with zero attached hydrogens (tertiary/aromatic N) is 3. The maximum atomic E-state index is 11.7. The van der Waals surface area contributed by atoms with E-state index in [-0.39, 0.29) is 11.7 Å². The number of halogens is 1. The molecule has 2 rings (SSSR count). The van der Waals surface area contributed by atoms with Crippen LogP contribution in [0.5, 0.6) is 0 Å². The van der Waals surface area contributed by atoms with Gasteiger partial charge >= 0.3 is 0 Å². The molecular formula is C15H17BrN4OS. The molecule has 0 aliphatic carbocycles. The number of amides is 1. The van der Waals surface area contributed by atoms with E-state index in [1.54, 1.807) is 6.33 Å². The van der Waals surface area contributed by atoms with Gasteiger partial charge in [0.15, 0.2) is 5.16 Å². The normalized spacial score (nSPS) is 10.5. The molecule has 7 heteroatoms. The number of thioether (sulfide) groups is 1. The first kappa shape index (κ1) is 16.8. The molecule has 1 amide bonds. The fourth-order valence-electron chi connectivity index (χ4n) is 1.75. The lowest BCUT2D eigenvalue weighted by atomic mass is 10.1. The Hall–Kier alpha value is -1.60. The Kier molecular flexibility index (Phi) is 5.79. The first-order valence-corrected chi connectivity index (χ1v) is 8.45. The molecule has 22 heavy (non-hydrogen) atoms. The Balaban J connectivity index is 2.05. The van der Waals surface area contributed by atoms with Gasteiger partial charge in [-0.05, 0) is 37.1 Å². The van der Waals surface area contributed by atoms with E-state index >= 15 is 0 Å². The Labute approximate surface area is 142 Å². The van der Waals surface area contributed by atoms with Crippen LogP contribution in [0, 0.1) is 13.8 Å². The molecule has 0 saturated carbocycles. The zero-order valence-electron chi connectivity index (χ0n) is 12.5. The number of carbonyl (C=O) groups is 1. The highest BCUT2D eigenvalue weighted by Gasteiger charge is 2.10. The highest BCUT2D eigenvalue weighted by molar-refractivity contribution is 9.11. The molecule has 0 unspecified atom stereocenters. The van der Waals surface area contributed by atoms with E-state index in [1.807, 2.05) is 10.6 Å². The van der Waals surface area contributed by atoms with Gasteiger partial charge in [-0.1, -0.05) is 40.3 Å². The summed E-state index contributed by atoms with van der Waals surface area (Å²) in [5.41, 5.74) is 3.43. The van der Waals surface area contributed by atoms with Crippen molar-refractivity contribution in [1.29, 1.82) is 0 Å². The van der Waals surface area contributed by atoms with Crippen molar-refractivity contribution in [2.45, 2.75) is 19.0 Å². The SMILES string of the molecule is C=C(Br)CNC(=O)CSc1nncn1-c1ccc(C)c(C)c1. The third-order valence-electron chi connectivity index (χ3n) is 3.09. The highest BCUT2D eigenvalue weighted by atomic mass is 79.9. The molecule has 1 N–H and O–H groups in total. The summed E-state index contributed by atoms with van der Waals surface area (Å²) >= 11 is 4.56. The van der Waals surface area contributed by atoms with Crippen LogP contribution in [0.1, 0.15) is 11.1 Å². The number of nitrogens with one attached hydrogen (secondary N) is 1. The number of benzene rings is 1. The van der Waals surface area contributed by atoms with Crippen molar-refractivity contribution in [3.8, 4) is 5.69 Å². The molecule has 116 valence electrons. The van der Waals surface area contributed by atoms with Gasteiger partial charge in [-0.15, -0.1) is 10.2 Å². The number of carbonyl (C=O) groups excluding carboxylic acids is 1. The minimum atomic E-state index is -0.0692. The second kappa shape index (κ2) is 7.60. The smallest absolute Gasteiger partial charge is 0.230 e. The predicted molar refractivity (Wildman–Crippen MR) is 92.6 cm³/mol. The molecule has 0 fully saturated rings. The average molecular weight is 381 g/mol. The molecule has 1 heterocycles. The molecule has 0 bridgehead atoms. The van der Waals surface area contributed by atoms with Gasteiger partial charge in [-0.2, -0.15) is 0 Å². The van der Waals surface area contributed by atoms with Gasteiger partial charge in [0.2, 0.25) is 5.91 Å². The van der Waals surface area contributed by atoms with Crippen LogP contribution in [0.25, 0.3) is 5.69 Å². The number of aryl methyl sites for hydroxylation is 2. The Morgan fingerprint density at radius 1 is 1.41 bits per heavy atom. The van der Waals surface area contributed by atoms with Gasteiger partial charge in [0.05, 0.1) is 5.75 Å². The molecule has 0 aliphatic rings.